The van der Waals surface area contributed by atoms with Crippen molar-refractivity contribution < 1.29 is 23.9 Å². The van der Waals surface area contributed by atoms with E-state index in [9.17, 15) is 19.2 Å². The molecule has 160 valence electrons. The molecule has 1 heterocycles. The van der Waals surface area contributed by atoms with Gasteiger partial charge in [-0.15, -0.1) is 0 Å². The number of hydrogen-bond donors (Lipinski definition) is 1. The Hall–Kier alpha value is -1.26. The molecule has 1 aromatic carbocycles. The van der Waals surface area contributed by atoms with Crippen molar-refractivity contribution in [1.29, 1.82) is 0 Å². The van der Waals surface area contributed by atoms with Crippen LogP contribution in [0.15, 0.2) is 28.7 Å². The third-order valence-electron chi connectivity index (χ3n) is 6.22. The zero-order valence-corrected chi connectivity index (χ0v) is 20.6. The second-order valence-corrected chi connectivity index (χ2v) is 10.9. The third kappa shape index (κ3) is 3.64. The number of imide groups is 1. The number of ether oxygens (including phenoxy) is 1. The van der Waals surface area contributed by atoms with Crippen LogP contribution in [0.1, 0.15) is 13.3 Å². The number of amides is 3. The van der Waals surface area contributed by atoms with E-state index in [1.54, 1.807) is 24.3 Å². The fourth-order valence-electron chi connectivity index (χ4n) is 4.85. The number of likely N-dealkylation sites (tertiary alicyclic amines) is 1. The first-order chi connectivity index (χ1) is 14.2. The Kier molecular flexibility index (Phi) is 6.11. The standard InChI is InChI=1S/C20H19Br3N2O5/c1-8(20(29)30-7-13(26)24-10-4-2-9(21)3-5-10)25-18(27)14-11-6-12(15(14)19(25)28)17(23)16(11)22/h2-5,8,11-12,14-17H,6-7H2,1H3,(H,24,26)/t8-,11-,12-,14-,15+,16-,17+/m1/s1. The number of carbonyl (C=O) groups excluding carboxylic acids is 4. The van der Waals surface area contributed by atoms with Gasteiger partial charge in [-0.05, 0) is 49.4 Å². The molecular formula is C20H19Br3N2O5. The maximum absolute atomic E-state index is 13.0. The predicted molar refractivity (Wildman–Crippen MR) is 119 cm³/mol. The van der Waals surface area contributed by atoms with Gasteiger partial charge >= 0.3 is 5.97 Å². The topological polar surface area (TPSA) is 92.8 Å². The molecule has 0 aromatic heterocycles. The Morgan fingerprint density at radius 1 is 1.10 bits per heavy atom. The first-order valence-electron chi connectivity index (χ1n) is 9.57. The lowest BCUT2D eigenvalue weighted by atomic mass is 9.81. The highest BCUT2D eigenvalue weighted by molar-refractivity contribution is 9.12. The summed E-state index contributed by atoms with van der Waals surface area (Å²) in [6.45, 7) is 0.964. The summed E-state index contributed by atoms with van der Waals surface area (Å²) < 4.78 is 5.95. The van der Waals surface area contributed by atoms with Gasteiger partial charge in [0.25, 0.3) is 5.91 Å². The first kappa shape index (κ1) is 22.0. The van der Waals surface area contributed by atoms with Crippen molar-refractivity contribution >= 4 is 77.2 Å². The number of alkyl halides is 2. The van der Waals surface area contributed by atoms with Crippen molar-refractivity contribution in [2.75, 3.05) is 11.9 Å². The smallest absolute Gasteiger partial charge is 0.329 e. The molecule has 1 aliphatic heterocycles. The lowest BCUT2D eigenvalue weighted by molar-refractivity contribution is -0.159. The third-order valence-corrected chi connectivity index (χ3v) is 9.96. The van der Waals surface area contributed by atoms with E-state index in [1.165, 1.54) is 6.92 Å². The van der Waals surface area contributed by atoms with Gasteiger partial charge in [0.15, 0.2) is 6.61 Å². The van der Waals surface area contributed by atoms with Crippen LogP contribution >= 0.6 is 47.8 Å². The lowest BCUT2D eigenvalue weighted by Crippen LogP contribution is -2.45. The minimum Gasteiger partial charge on any atom is -0.454 e. The Balaban J connectivity index is 1.36. The van der Waals surface area contributed by atoms with E-state index >= 15 is 0 Å². The minimum absolute atomic E-state index is 0.0748. The second kappa shape index (κ2) is 8.35. The van der Waals surface area contributed by atoms with Crippen molar-refractivity contribution in [2.24, 2.45) is 23.7 Å². The molecule has 1 N–H and O–H groups in total. The molecule has 4 rings (SSSR count). The van der Waals surface area contributed by atoms with Gasteiger partial charge in [0.2, 0.25) is 11.8 Å². The number of rotatable bonds is 5. The molecule has 0 radical (unpaired) electrons. The number of esters is 1. The van der Waals surface area contributed by atoms with Gasteiger partial charge in [0.05, 0.1) is 11.8 Å². The summed E-state index contributed by atoms with van der Waals surface area (Å²) in [6, 6.07) is 5.88. The molecule has 1 aromatic rings. The van der Waals surface area contributed by atoms with Gasteiger partial charge in [-0.3, -0.25) is 19.3 Å². The van der Waals surface area contributed by atoms with Crippen LogP contribution in [0.25, 0.3) is 0 Å². The summed E-state index contributed by atoms with van der Waals surface area (Å²) in [7, 11) is 0. The van der Waals surface area contributed by atoms with Gasteiger partial charge in [0.1, 0.15) is 6.04 Å². The van der Waals surface area contributed by atoms with Crippen molar-refractivity contribution in [1.82, 2.24) is 4.90 Å². The van der Waals surface area contributed by atoms with Crippen LogP contribution in [0.3, 0.4) is 0 Å². The van der Waals surface area contributed by atoms with Crippen LogP contribution in [0.4, 0.5) is 5.69 Å². The van der Waals surface area contributed by atoms with E-state index in [1.807, 2.05) is 0 Å². The lowest BCUT2D eigenvalue weighted by Gasteiger charge is -2.28. The van der Waals surface area contributed by atoms with Crippen LogP contribution in [-0.4, -0.2) is 50.9 Å². The van der Waals surface area contributed by atoms with Crippen LogP contribution in [0, 0.1) is 23.7 Å². The molecular weight excluding hydrogens is 588 g/mol. The van der Waals surface area contributed by atoms with E-state index in [0.29, 0.717) is 5.69 Å². The fourth-order valence-corrected chi connectivity index (χ4v) is 6.98. The molecule has 0 unspecified atom stereocenters. The SMILES string of the molecule is C[C@H](C(=O)OCC(=O)Nc1ccc(Br)cc1)N1C(=O)[C@@H]2[C@H]3C[C@@H]([C@H](Br)[C@@H]3Br)[C@@H]2C1=O. The van der Waals surface area contributed by atoms with Crippen LogP contribution in [0.5, 0.6) is 0 Å². The monoisotopic (exact) mass is 604 g/mol. The molecule has 30 heavy (non-hydrogen) atoms. The van der Waals surface area contributed by atoms with E-state index in [2.05, 4.69) is 53.1 Å². The molecule has 7 atom stereocenters. The number of nitrogens with zero attached hydrogens (tertiary/aromatic N) is 1. The van der Waals surface area contributed by atoms with Crippen molar-refractivity contribution in [3.05, 3.63) is 28.7 Å². The summed E-state index contributed by atoms with van der Waals surface area (Å²) in [5.74, 6) is -2.54. The van der Waals surface area contributed by atoms with E-state index in [4.69, 9.17) is 4.74 Å². The fraction of sp³-hybridized carbons (Fsp3) is 0.500. The molecule has 10 heteroatoms. The maximum Gasteiger partial charge on any atom is 0.329 e. The second-order valence-electron chi connectivity index (χ2n) is 7.89. The van der Waals surface area contributed by atoms with Crippen LogP contribution in [0.2, 0.25) is 0 Å². The van der Waals surface area contributed by atoms with Crippen LogP contribution in [-0.2, 0) is 23.9 Å². The zero-order chi connectivity index (χ0) is 21.7. The molecule has 1 saturated heterocycles. The number of hydrogen-bond acceptors (Lipinski definition) is 5. The van der Waals surface area contributed by atoms with Gasteiger partial charge in [0, 0.05) is 19.8 Å². The minimum atomic E-state index is -1.07. The quantitative estimate of drug-likeness (QED) is 0.316. The molecule has 3 fully saturated rings. The molecule has 2 aliphatic carbocycles. The van der Waals surface area contributed by atoms with Crippen molar-refractivity contribution in [3.8, 4) is 0 Å². The summed E-state index contributed by atoms with van der Waals surface area (Å²) in [5, 5.41) is 2.62. The largest absolute Gasteiger partial charge is 0.454 e. The molecule has 7 nitrogen and oxygen atoms in total. The molecule has 3 amide bonds. The molecule has 3 aliphatic rings. The Bertz CT molecular complexity index is 876. The van der Waals surface area contributed by atoms with Crippen LogP contribution < -0.4 is 5.32 Å². The highest BCUT2D eigenvalue weighted by atomic mass is 79.9. The molecule has 2 saturated carbocycles. The average molecular weight is 607 g/mol. The highest BCUT2D eigenvalue weighted by Crippen LogP contribution is 2.60. The Morgan fingerprint density at radius 2 is 1.63 bits per heavy atom. The molecule has 0 spiro atoms. The predicted octanol–water partition coefficient (Wildman–Crippen LogP) is 3.10. The summed E-state index contributed by atoms with van der Waals surface area (Å²) in [6.07, 6.45) is 0.821. The number of fused-ring (bicyclic) bond motifs is 5. The highest BCUT2D eigenvalue weighted by Gasteiger charge is 2.67. The van der Waals surface area contributed by atoms with E-state index in [0.717, 1.165) is 15.8 Å². The van der Waals surface area contributed by atoms with Gasteiger partial charge in [-0.25, -0.2) is 4.79 Å². The van der Waals surface area contributed by atoms with Gasteiger partial charge < -0.3 is 10.1 Å². The number of carbonyl (C=O) groups is 4. The first-order valence-corrected chi connectivity index (χ1v) is 12.2. The maximum atomic E-state index is 13.0. The number of anilines is 1. The summed E-state index contributed by atoms with van der Waals surface area (Å²) >= 11 is 10.6. The summed E-state index contributed by atoms with van der Waals surface area (Å²) in [4.78, 5) is 51.8. The van der Waals surface area contributed by atoms with E-state index < -0.39 is 36.4 Å². The van der Waals surface area contributed by atoms with Crippen molar-refractivity contribution in [2.45, 2.75) is 29.0 Å². The summed E-state index contributed by atoms with van der Waals surface area (Å²) in [5.41, 5.74) is 0.564. The Labute approximate surface area is 198 Å². The average Bonchev–Trinajstić information content (AvgIpc) is 3.32. The van der Waals surface area contributed by atoms with Gasteiger partial charge in [-0.1, -0.05) is 47.8 Å². The number of halogens is 3. The number of nitrogens with one attached hydrogen (secondary N) is 1. The Morgan fingerprint density at radius 3 is 2.17 bits per heavy atom. The number of benzene rings is 1. The normalized spacial score (nSPS) is 32.9. The molecule has 2 bridgehead atoms. The van der Waals surface area contributed by atoms with E-state index in [-0.39, 0.29) is 33.3 Å². The van der Waals surface area contributed by atoms with Gasteiger partial charge in [-0.2, -0.15) is 0 Å². The zero-order valence-electron chi connectivity index (χ0n) is 15.9. The van der Waals surface area contributed by atoms with Crippen molar-refractivity contribution in [3.63, 3.8) is 0 Å².